The minimum Gasteiger partial charge on any atom is -1.00 e. The maximum absolute atomic E-state index is 2.44. The molecule has 0 saturated heterocycles. The number of hydrogen-bond donors (Lipinski definition) is 0. The van der Waals surface area contributed by atoms with Crippen molar-refractivity contribution >= 4 is 18.4 Å². The Hall–Kier alpha value is 0.371. The molecule has 0 amide bonds. The molecule has 0 bridgehead atoms. The van der Waals surface area contributed by atoms with Crippen molar-refractivity contribution in [3.8, 4) is 0 Å². The summed E-state index contributed by atoms with van der Waals surface area (Å²) >= 11 is 0. The second-order valence-corrected chi connectivity index (χ2v) is 9.65. The van der Waals surface area contributed by atoms with Gasteiger partial charge in [0.1, 0.15) is 0 Å². The molecule has 0 N–H and O–H groups in total. The molecule has 0 radical (unpaired) electrons. The van der Waals surface area contributed by atoms with E-state index in [2.05, 4.69) is 68.5 Å². The Morgan fingerprint density at radius 2 is 1.52 bits per heavy atom. The zero-order chi connectivity index (χ0) is 12.3. The van der Waals surface area contributed by atoms with E-state index in [0.717, 1.165) is 0 Å². The van der Waals surface area contributed by atoms with E-state index >= 15 is 0 Å². The molecule has 21 heavy (non-hydrogen) atoms. The van der Waals surface area contributed by atoms with Crippen LogP contribution in [0.5, 0.6) is 0 Å². The average Bonchev–Trinajstić information content (AvgIpc) is 2.80. The summed E-state index contributed by atoms with van der Waals surface area (Å²) in [6.07, 6.45) is 2.44. The van der Waals surface area contributed by atoms with Gasteiger partial charge in [0.25, 0.3) is 0 Å². The van der Waals surface area contributed by atoms with E-state index < -0.39 is 8.07 Å². The van der Waals surface area contributed by atoms with Gasteiger partial charge in [-0.15, -0.1) is 0 Å². The first-order chi connectivity index (χ1) is 8.14. The summed E-state index contributed by atoms with van der Waals surface area (Å²) in [6, 6.07) is 18.0. The summed E-state index contributed by atoms with van der Waals surface area (Å²) in [6.45, 7) is 7.12. The SMILES string of the molecule is CCCc1cc[c-]([Si](C)(C)c2ccccc2)c1.[Cl-].[Cl-].[Cl-].[Ti+4]. The smallest absolute Gasteiger partial charge is 1.00 e. The van der Waals surface area contributed by atoms with E-state index in [1.807, 2.05) is 0 Å². The van der Waals surface area contributed by atoms with Gasteiger partial charge in [0.05, 0.1) is 8.07 Å². The van der Waals surface area contributed by atoms with Crippen LogP contribution >= 0.6 is 0 Å². The van der Waals surface area contributed by atoms with Crippen LogP contribution in [-0.4, -0.2) is 8.07 Å². The largest absolute Gasteiger partial charge is 4.00 e. The predicted molar refractivity (Wildman–Crippen MR) is 79.2 cm³/mol. The molecule has 0 fully saturated rings. The first kappa shape index (κ1) is 26.3. The zero-order valence-corrected chi connectivity index (χ0v) is 17.5. The van der Waals surface area contributed by atoms with Crippen molar-refractivity contribution in [3.05, 3.63) is 54.1 Å². The monoisotopic (exact) mass is 394 g/mol. The van der Waals surface area contributed by atoms with Crippen molar-refractivity contribution in [3.63, 3.8) is 0 Å². The van der Waals surface area contributed by atoms with Crippen LogP contribution in [0.4, 0.5) is 0 Å². The quantitative estimate of drug-likeness (QED) is 0.358. The Balaban J connectivity index is -0.000000810. The second kappa shape index (κ2) is 11.9. The Kier molecular flexibility index (Phi) is 14.9. The third-order valence-corrected chi connectivity index (χ3v) is 7.10. The minimum absolute atomic E-state index is 0. The molecular formula is C16H21Cl3SiTi. The van der Waals surface area contributed by atoms with E-state index in [9.17, 15) is 0 Å². The standard InChI is InChI=1S/C16H21Si.3ClH.Ti/c1-4-8-14-11-12-16(13-14)17(2,3)15-9-6-5-7-10-15;;;;/h5-7,9-13H,4,8H2,1-3H3;3*1H;/q-1;;;;+4/p-3. The van der Waals surface area contributed by atoms with Gasteiger partial charge in [0.15, 0.2) is 0 Å². The molecule has 0 heterocycles. The van der Waals surface area contributed by atoms with Crippen LogP contribution in [0.1, 0.15) is 18.9 Å². The Morgan fingerprint density at radius 3 is 2.05 bits per heavy atom. The van der Waals surface area contributed by atoms with Gasteiger partial charge >= 0.3 is 21.7 Å². The Bertz CT molecular complexity index is 483. The fraction of sp³-hybridized carbons (Fsp3) is 0.312. The van der Waals surface area contributed by atoms with Crippen molar-refractivity contribution in [2.24, 2.45) is 0 Å². The van der Waals surface area contributed by atoms with Gasteiger partial charge in [-0.05, 0) is 0 Å². The summed E-state index contributed by atoms with van der Waals surface area (Å²) in [5.41, 5.74) is 1.50. The van der Waals surface area contributed by atoms with E-state index in [1.165, 1.54) is 23.6 Å². The molecule has 2 aromatic rings. The number of benzene rings is 1. The molecule has 0 aliphatic carbocycles. The van der Waals surface area contributed by atoms with Crippen LogP contribution in [0.15, 0.2) is 48.5 Å². The van der Waals surface area contributed by atoms with Gasteiger partial charge < -0.3 is 37.2 Å². The molecule has 0 atom stereocenters. The summed E-state index contributed by atoms with van der Waals surface area (Å²) in [7, 11) is -1.46. The van der Waals surface area contributed by atoms with Gasteiger partial charge in [0, 0.05) is 0 Å². The molecule has 2 rings (SSSR count). The molecule has 0 spiro atoms. The predicted octanol–water partition coefficient (Wildman–Crippen LogP) is -5.81. The molecule has 2 aromatic carbocycles. The number of hydrogen-bond acceptors (Lipinski definition) is 0. The topological polar surface area (TPSA) is 0 Å². The number of rotatable bonds is 4. The fourth-order valence-electron chi connectivity index (χ4n) is 2.35. The van der Waals surface area contributed by atoms with E-state index in [-0.39, 0.29) is 58.9 Å². The third-order valence-electron chi connectivity index (χ3n) is 3.57. The van der Waals surface area contributed by atoms with Crippen molar-refractivity contribution in [2.45, 2.75) is 32.9 Å². The van der Waals surface area contributed by atoms with Crippen LogP contribution in [0.3, 0.4) is 0 Å². The summed E-state index contributed by atoms with van der Waals surface area (Å²) in [4.78, 5) is 0. The number of halogens is 3. The zero-order valence-electron chi connectivity index (χ0n) is 12.7. The van der Waals surface area contributed by atoms with Crippen molar-refractivity contribution in [1.29, 1.82) is 0 Å². The number of aryl methyl sites for hydroxylation is 1. The van der Waals surface area contributed by atoms with Crippen molar-refractivity contribution in [1.82, 2.24) is 0 Å². The molecule has 0 nitrogen and oxygen atoms in total. The van der Waals surface area contributed by atoms with E-state index in [4.69, 9.17) is 0 Å². The average molecular weight is 396 g/mol. The minimum atomic E-state index is -1.46. The maximum atomic E-state index is 2.44. The van der Waals surface area contributed by atoms with Gasteiger partial charge in [-0.3, -0.25) is 0 Å². The van der Waals surface area contributed by atoms with Gasteiger partial charge in [-0.1, -0.05) is 68.4 Å². The van der Waals surface area contributed by atoms with E-state index in [0.29, 0.717) is 0 Å². The van der Waals surface area contributed by atoms with Crippen molar-refractivity contribution < 1.29 is 58.9 Å². The molecule has 0 aromatic heterocycles. The molecule has 0 unspecified atom stereocenters. The molecule has 0 aliphatic heterocycles. The summed E-state index contributed by atoms with van der Waals surface area (Å²) in [5.74, 6) is 0. The van der Waals surface area contributed by atoms with Crippen LogP contribution < -0.4 is 47.6 Å². The maximum Gasteiger partial charge on any atom is 4.00 e. The summed E-state index contributed by atoms with van der Waals surface area (Å²) < 4.78 is 0. The first-order valence-electron chi connectivity index (χ1n) is 6.46. The van der Waals surface area contributed by atoms with Gasteiger partial charge in [0.2, 0.25) is 0 Å². The summed E-state index contributed by atoms with van der Waals surface area (Å²) in [5, 5.41) is 3.08. The van der Waals surface area contributed by atoms with Gasteiger partial charge in [-0.25, -0.2) is 6.07 Å². The van der Waals surface area contributed by atoms with Crippen LogP contribution in [0, 0.1) is 0 Å². The Morgan fingerprint density at radius 1 is 0.952 bits per heavy atom. The molecule has 114 valence electrons. The molecule has 0 aliphatic rings. The van der Waals surface area contributed by atoms with Crippen LogP contribution in [0.2, 0.25) is 13.1 Å². The Labute approximate surface area is 163 Å². The molecular weight excluding hydrogens is 374 g/mol. The van der Waals surface area contributed by atoms with E-state index in [1.54, 1.807) is 5.19 Å². The first-order valence-corrected chi connectivity index (χ1v) is 9.46. The molecule has 5 heteroatoms. The fourth-order valence-corrected chi connectivity index (χ4v) is 4.75. The van der Waals surface area contributed by atoms with Crippen molar-refractivity contribution in [2.75, 3.05) is 0 Å². The van der Waals surface area contributed by atoms with Crippen LogP contribution in [0.25, 0.3) is 0 Å². The molecule has 0 saturated carbocycles. The van der Waals surface area contributed by atoms with Gasteiger partial charge in [-0.2, -0.15) is 22.9 Å². The normalized spacial score (nSPS) is 9.48. The van der Waals surface area contributed by atoms with Crippen LogP contribution in [-0.2, 0) is 28.1 Å². The second-order valence-electron chi connectivity index (χ2n) is 5.25. The third kappa shape index (κ3) is 6.56.